The molecule has 0 saturated carbocycles. The van der Waals surface area contributed by atoms with Crippen molar-refractivity contribution in [2.45, 2.75) is 144 Å². The van der Waals surface area contributed by atoms with Crippen molar-refractivity contribution in [2.24, 2.45) is 0 Å². The molecule has 0 bridgehead atoms. The molecule has 0 spiro atoms. The van der Waals surface area contributed by atoms with Crippen molar-refractivity contribution in [1.29, 1.82) is 0 Å². The zero-order valence-corrected chi connectivity index (χ0v) is 26.7. The third-order valence-electron chi connectivity index (χ3n) is 8.49. The summed E-state index contributed by atoms with van der Waals surface area (Å²) >= 11 is 0. The summed E-state index contributed by atoms with van der Waals surface area (Å²) in [5.74, 6) is 0. The van der Waals surface area contributed by atoms with Gasteiger partial charge in [-0.15, -0.1) is 0 Å². The molecule has 222 valence electrons. The molecular formula is C32H69N5. The second-order valence-corrected chi connectivity index (χ2v) is 12.8. The summed E-state index contributed by atoms with van der Waals surface area (Å²) < 4.78 is 0. The fourth-order valence-corrected chi connectivity index (χ4v) is 5.68. The van der Waals surface area contributed by atoms with Gasteiger partial charge >= 0.3 is 0 Å². The van der Waals surface area contributed by atoms with Gasteiger partial charge in [-0.25, -0.2) is 0 Å². The molecule has 4 aliphatic rings. The molecule has 0 amide bonds. The van der Waals surface area contributed by atoms with E-state index in [9.17, 15) is 0 Å². The predicted molar refractivity (Wildman–Crippen MR) is 166 cm³/mol. The Morgan fingerprint density at radius 1 is 0.324 bits per heavy atom. The van der Waals surface area contributed by atoms with Crippen LogP contribution in [-0.4, -0.2) is 109 Å². The van der Waals surface area contributed by atoms with Crippen molar-refractivity contribution in [3.05, 3.63) is 0 Å². The van der Waals surface area contributed by atoms with Crippen LogP contribution in [0, 0.1) is 0 Å². The minimum Gasteiger partial charge on any atom is -0.314 e. The maximum atomic E-state index is 3.33. The molecular weight excluding hydrogens is 454 g/mol. The maximum absolute atomic E-state index is 3.33. The van der Waals surface area contributed by atoms with E-state index < -0.39 is 0 Å². The first-order chi connectivity index (χ1) is 17.7. The summed E-state index contributed by atoms with van der Waals surface area (Å²) in [6.07, 6.45) is 14.3. The van der Waals surface area contributed by atoms with Gasteiger partial charge in [0.15, 0.2) is 0 Å². The van der Waals surface area contributed by atoms with Gasteiger partial charge in [-0.3, -0.25) is 4.90 Å². The third-order valence-corrected chi connectivity index (χ3v) is 8.49. The number of likely N-dealkylation sites (tertiary alicyclic amines) is 3. The van der Waals surface area contributed by atoms with Crippen molar-refractivity contribution >= 4 is 0 Å². The monoisotopic (exact) mass is 524 g/mol. The van der Waals surface area contributed by atoms with E-state index in [0.29, 0.717) is 0 Å². The molecule has 0 unspecified atom stereocenters. The average molecular weight is 524 g/mol. The van der Waals surface area contributed by atoms with Crippen LogP contribution in [0.25, 0.3) is 0 Å². The molecule has 0 radical (unpaired) electrons. The number of piperidine rings is 1. The molecule has 4 saturated heterocycles. The first-order valence-corrected chi connectivity index (χ1v) is 16.4. The van der Waals surface area contributed by atoms with Crippen molar-refractivity contribution in [1.82, 2.24) is 24.9 Å². The highest BCUT2D eigenvalue weighted by molar-refractivity contribution is 4.71. The van der Waals surface area contributed by atoms with Crippen molar-refractivity contribution < 1.29 is 0 Å². The highest BCUT2D eigenvalue weighted by atomic mass is 15.2. The fraction of sp³-hybridized carbons (Fsp3) is 1.00. The van der Waals surface area contributed by atoms with E-state index >= 15 is 0 Å². The Hall–Kier alpha value is -0.200. The summed E-state index contributed by atoms with van der Waals surface area (Å²) in [5.41, 5.74) is 0. The van der Waals surface area contributed by atoms with E-state index in [1.165, 1.54) is 117 Å². The molecule has 5 nitrogen and oxygen atoms in total. The zero-order valence-electron chi connectivity index (χ0n) is 26.7. The van der Waals surface area contributed by atoms with Crippen LogP contribution in [0.2, 0.25) is 0 Å². The Bertz CT molecular complexity index is 459. The summed E-state index contributed by atoms with van der Waals surface area (Å²) in [4.78, 5) is 10.2. The first kappa shape index (κ1) is 34.8. The quantitative estimate of drug-likeness (QED) is 0.464. The Balaban J connectivity index is 0.000000248. The zero-order chi connectivity index (χ0) is 27.5. The van der Waals surface area contributed by atoms with Gasteiger partial charge in [0.2, 0.25) is 0 Å². The Labute approximate surface area is 234 Å². The van der Waals surface area contributed by atoms with Crippen LogP contribution in [0.15, 0.2) is 0 Å². The lowest BCUT2D eigenvalue weighted by atomic mass is 10.1. The van der Waals surface area contributed by atoms with Crippen LogP contribution < -0.4 is 5.32 Å². The van der Waals surface area contributed by atoms with Crippen LogP contribution in [0.1, 0.15) is 120 Å². The fourth-order valence-electron chi connectivity index (χ4n) is 5.68. The smallest absolute Gasteiger partial charge is 0.0110 e. The molecule has 0 aromatic rings. The Kier molecular flexibility index (Phi) is 20.3. The number of hydrogen-bond donors (Lipinski definition) is 1. The molecule has 0 atom stereocenters. The van der Waals surface area contributed by atoms with Crippen LogP contribution >= 0.6 is 0 Å². The summed E-state index contributed by atoms with van der Waals surface area (Å²) in [5, 5.41) is 3.33. The molecule has 4 fully saturated rings. The minimum absolute atomic E-state index is 0.729. The number of piperazine rings is 1. The lowest BCUT2D eigenvalue weighted by Crippen LogP contribution is -2.46. The third kappa shape index (κ3) is 17.2. The summed E-state index contributed by atoms with van der Waals surface area (Å²) in [6, 6.07) is 3.03. The van der Waals surface area contributed by atoms with Gasteiger partial charge in [0.05, 0.1) is 0 Å². The van der Waals surface area contributed by atoms with Crippen molar-refractivity contribution in [3.63, 3.8) is 0 Å². The van der Waals surface area contributed by atoms with Gasteiger partial charge < -0.3 is 20.0 Å². The number of nitrogens with zero attached hydrogens (tertiary/aromatic N) is 4. The molecule has 0 aromatic carbocycles. The lowest BCUT2D eigenvalue weighted by molar-refractivity contribution is 0.185. The molecule has 1 N–H and O–H groups in total. The molecule has 0 aliphatic carbocycles. The first-order valence-electron chi connectivity index (χ1n) is 16.4. The van der Waals surface area contributed by atoms with E-state index in [1.54, 1.807) is 0 Å². The Morgan fingerprint density at radius 3 is 0.811 bits per heavy atom. The summed E-state index contributed by atoms with van der Waals surface area (Å²) in [6.45, 7) is 31.0. The van der Waals surface area contributed by atoms with Crippen molar-refractivity contribution in [3.8, 4) is 0 Å². The minimum atomic E-state index is 0.729. The highest BCUT2D eigenvalue weighted by Gasteiger charge is 2.14. The summed E-state index contributed by atoms with van der Waals surface area (Å²) in [7, 11) is 0. The van der Waals surface area contributed by atoms with Crippen LogP contribution in [0.5, 0.6) is 0 Å². The number of hydrogen-bond acceptors (Lipinski definition) is 5. The number of nitrogens with one attached hydrogen (secondary N) is 1. The predicted octanol–water partition coefficient (Wildman–Crippen LogP) is 6.33. The van der Waals surface area contributed by atoms with Gasteiger partial charge in [0.1, 0.15) is 0 Å². The highest BCUT2D eigenvalue weighted by Crippen LogP contribution is 2.13. The molecule has 37 heavy (non-hydrogen) atoms. The van der Waals surface area contributed by atoms with E-state index in [-0.39, 0.29) is 0 Å². The van der Waals surface area contributed by atoms with Crippen LogP contribution in [0.4, 0.5) is 0 Å². The van der Waals surface area contributed by atoms with Crippen molar-refractivity contribution in [2.75, 3.05) is 65.4 Å². The van der Waals surface area contributed by atoms with E-state index in [0.717, 1.165) is 37.3 Å². The number of rotatable bonds is 4. The molecule has 4 heterocycles. The van der Waals surface area contributed by atoms with Gasteiger partial charge in [-0.2, -0.15) is 0 Å². The second kappa shape index (κ2) is 21.6. The van der Waals surface area contributed by atoms with Crippen LogP contribution in [-0.2, 0) is 0 Å². The molecule has 0 aromatic heterocycles. The standard InChI is InChI=1S/C10H21N.C8H17N.C7H16N2.C7H15N/c1-10(2)11-8-6-4-3-5-7-9-11;1-8(2)9-6-4-3-5-7-9;1-7(2)9-5-3-8-4-6-9;1-7(2)8-5-3-4-6-8/h10H,3-9H2,1-2H3;8H,3-7H2,1-2H3;7-8H,3-6H2,1-2H3;7H,3-6H2,1-2H3. The van der Waals surface area contributed by atoms with Gasteiger partial charge in [0, 0.05) is 50.3 Å². The van der Waals surface area contributed by atoms with Gasteiger partial charge in [-0.1, -0.05) is 25.7 Å². The van der Waals surface area contributed by atoms with E-state index in [4.69, 9.17) is 0 Å². The van der Waals surface area contributed by atoms with Gasteiger partial charge in [-0.05, 0) is 133 Å². The van der Waals surface area contributed by atoms with E-state index in [2.05, 4.69) is 80.3 Å². The lowest BCUT2D eigenvalue weighted by Gasteiger charge is -2.30. The topological polar surface area (TPSA) is 25.0 Å². The SMILES string of the molecule is CC(C)N1CCCC1.CC(C)N1CCCCC1.CC(C)N1CCCCCCC1.CC(C)N1CCNCC1. The molecule has 4 rings (SSSR count). The normalized spacial score (nSPS) is 23.0. The largest absolute Gasteiger partial charge is 0.314 e. The second-order valence-electron chi connectivity index (χ2n) is 12.8. The maximum Gasteiger partial charge on any atom is 0.0110 e. The van der Waals surface area contributed by atoms with E-state index in [1.807, 2.05) is 0 Å². The van der Waals surface area contributed by atoms with Crippen LogP contribution in [0.3, 0.4) is 0 Å². The van der Waals surface area contributed by atoms with Gasteiger partial charge in [0.25, 0.3) is 0 Å². The molecule has 4 aliphatic heterocycles. The average Bonchev–Trinajstić information content (AvgIpc) is 3.42. The molecule has 5 heteroatoms. The Morgan fingerprint density at radius 2 is 0.541 bits per heavy atom.